The van der Waals surface area contributed by atoms with Crippen molar-refractivity contribution in [2.75, 3.05) is 5.75 Å². The highest BCUT2D eigenvalue weighted by Crippen LogP contribution is 2.35. The molecule has 7 nitrogen and oxygen atoms in total. The van der Waals surface area contributed by atoms with E-state index in [0.29, 0.717) is 12.3 Å². The van der Waals surface area contributed by atoms with E-state index < -0.39 is 38.3 Å². The number of hydrogen-bond acceptors (Lipinski definition) is 5. The minimum Gasteiger partial charge on any atom is -0.296 e. The normalized spacial score (nSPS) is 13.4. The third kappa shape index (κ3) is 3.47. The van der Waals surface area contributed by atoms with Crippen LogP contribution in [0.5, 0.6) is 0 Å². The first-order valence-electron chi connectivity index (χ1n) is 8.97. The summed E-state index contributed by atoms with van der Waals surface area (Å²) >= 11 is 0. The molecule has 0 amide bonds. The summed E-state index contributed by atoms with van der Waals surface area (Å²) in [5.41, 5.74) is -2.52. The highest BCUT2D eigenvalue weighted by Gasteiger charge is 2.34. The van der Waals surface area contributed by atoms with Gasteiger partial charge in [0.1, 0.15) is 5.52 Å². The van der Waals surface area contributed by atoms with Crippen LogP contribution in [-0.2, 0) is 29.2 Å². The first-order chi connectivity index (χ1) is 14.7. The molecule has 0 saturated carbocycles. The van der Waals surface area contributed by atoms with Gasteiger partial charge in [-0.05, 0) is 24.3 Å². The number of aromatic nitrogens is 5. The minimum absolute atomic E-state index is 0.00326. The summed E-state index contributed by atoms with van der Waals surface area (Å²) in [5.74, 6) is -0.562. The Morgan fingerprint density at radius 3 is 2.25 bits per heavy atom. The Morgan fingerprint density at radius 1 is 1.00 bits per heavy atom. The first kappa shape index (κ1) is 22.0. The van der Waals surface area contributed by atoms with Crippen molar-refractivity contribution in [3.63, 3.8) is 0 Å². The average molecular weight is 477 g/mol. The Labute approximate surface area is 176 Å². The summed E-state index contributed by atoms with van der Waals surface area (Å²) in [6, 6.07) is 3.18. The van der Waals surface area contributed by atoms with Crippen LogP contribution in [0.15, 0.2) is 35.5 Å². The van der Waals surface area contributed by atoms with Gasteiger partial charge in [-0.3, -0.25) is 4.57 Å². The van der Waals surface area contributed by atoms with Crippen LogP contribution >= 0.6 is 0 Å². The van der Waals surface area contributed by atoms with Gasteiger partial charge in [-0.1, -0.05) is 6.92 Å². The van der Waals surface area contributed by atoms with Crippen LogP contribution in [0.25, 0.3) is 28.0 Å². The summed E-state index contributed by atoms with van der Waals surface area (Å²) in [7, 11) is -2.57. The Balaban J connectivity index is 2.05. The number of nitrogens with zero attached hydrogens (tertiary/aromatic N) is 5. The zero-order valence-corrected chi connectivity index (χ0v) is 17.1. The lowest BCUT2D eigenvalue weighted by atomic mass is 10.1. The lowest BCUT2D eigenvalue weighted by molar-refractivity contribution is -0.138. The third-order valence-electron chi connectivity index (χ3n) is 4.85. The van der Waals surface area contributed by atoms with Gasteiger partial charge in [0, 0.05) is 18.6 Å². The lowest BCUT2D eigenvalue weighted by Gasteiger charge is -2.08. The molecule has 0 N–H and O–H groups in total. The fourth-order valence-electron chi connectivity index (χ4n) is 3.19. The lowest BCUT2D eigenvalue weighted by Crippen LogP contribution is -2.09. The van der Waals surface area contributed by atoms with E-state index in [1.807, 2.05) is 0 Å². The van der Waals surface area contributed by atoms with E-state index in [1.165, 1.54) is 18.5 Å². The molecule has 0 radical (unpaired) electrons. The van der Waals surface area contributed by atoms with Gasteiger partial charge in [0.05, 0.1) is 22.4 Å². The van der Waals surface area contributed by atoms with Gasteiger partial charge < -0.3 is 0 Å². The Kier molecular flexibility index (Phi) is 4.77. The molecule has 0 saturated heterocycles. The number of benzene rings is 1. The van der Waals surface area contributed by atoms with Gasteiger partial charge >= 0.3 is 12.4 Å². The molecule has 0 fully saturated rings. The highest BCUT2D eigenvalue weighted by atomic mass is 32.2. The molecule has 0 bridgehead atoms. The number of pyridine rings is 1. The molecule has 3 heterocycles. The molecule has 0 aliphatic heterocycles. The Morgan fingerprint density at radius 2 is 1.66 bits per heavy atom. The fourth-order valence-corrected chi connectivity index (χ4v) is 4.18. The molecule has 0 aliphatic carbocycles. The van der Waals surface area contributed by atoms with Gasteiger partial charge in [0.15, 0.2) is 20.5 Å². The maximum atomic E-state index is 13.3. The quantitative estimate of drug-likeness (QED) is 0.415. The summed E-state index contributed by atoms with van der Waals surface area (Å²) in [6.07, 6.45) is -8.80. The number of alkyl halides is 6. The monoisotopic (exact) mass is 477 g/mol. The van der Waals surface area contributed by atoms with E-state index in [4.69, 9.17) is 0 Å². The fraction of sp³-hybridized carbons (Fsp3) is 0.278. The van der Waals surface area contributed by atoms with Crippen LogP contribution in [0.1, 0.15) is 18.1 Å². The van der Waals surface area contributed by atoms with E-state index in [9.17, 15) is 34.8 Å². The molecule has 32 heavy (non-hydrogen) atoms. The van der Waals surface area contributed by atoms with Crippen molar-refractivity contribution in [3.05, 3.63) is 41.6 Å². The van der Waals surface area contributed by atoms with Crippen molar-refractivity contribution in [3.8, 4) is 5.95 Å². The van der Waals surface area contributed by atoms with Crippen LogP contribution in [0.2, 0.25) is 0 Å². The number of imidazole rings is 1. The standard InChI is InChI=1S/C18H13F6N5O2S/c1-3-32(30,31)15-11-5-4-9(17(19,20)21)7-13(11)29(27-15)16-26-12-6-10(18(22,23)24)8-25-14(12)28(16)2/h4-8H,3H2,1-2H3. The zero-order valence-electron chi connectivity index (χ0n) is 16.3. The van der Waals surface area contributed by atoms with Crippen LogP contribution in [0.4, 0.5) is 26.3 Å². The average Bonchev–Trinajstić information content (AvgIpc) is 3.24. The predicted octanol–water partition coefficient (Wildman–Crippen LogP) is 4.14. The maximum Gasteiger partial charge on any atom is 0.417 e. The Hall–Kier alpha value is -3.16. The molecule has 0 atom stereocenters. The van der Waals surface area contributed by atoms with Crippen molar-refractivity contribution < 1.29 is 34.8 Å². The molecular formula is C18H13F6N5O2S. The molecule has 14 heteroatoms. The van der Waals surface area contributed by atoms with Gasteiger partial charge in [-0.15, -0.1) is 0 Å². The molecule has 170 valence electrons. The van der Waals surface area contributed by atoms with Crippen LogP contribution < -0.4 is 0 Å². The van der Waals surface area contributed by atoms with E-state index >= 15 is 0 Å². The molecule has 0 unspecified atom stereocenters. The smallest absolute Gasteiger partial charge is 0.296 e. The number of fused-ring (bicyclic) bond motifs is 2. The number of aryl methyl sites for hydroxylation is 1. The van der Waals surface area contributed by atoms with Crippen molar-refractivity contribution in [2.45, 2.75) is 24.3 Å². The number of rotatable bonds is 3. The summed E-state index contributed by atoms with van der Waals surface area (Å²) in [6.45, 7) is 1.35. The van der Waals surface area contributed by atoms with Crippen molar-refractivity contribution >= 4 is 31.9 Å². The van der Waals surface area contributed by atoms with E-state index in [2.05, 4.69) is 15.1 Å². The topological polar surface area (TPSA) is 82.7 Å². The van der Waals surface area contributed by atoms with Gasteiger partial charge in [0.25, 0.3) is 0 Å². The largest absolute Gasteiger partial charge is 0.417 e. The minimum atomic E-state index is -4.72. The number of hydrogen-bond donors (Lipinski definition) is 0. The summed E-state index contributed by atoms with van der Waals surface area (Å²) < 4.78 is 106. The molecule has 0 aliphatic rings. The highest BCUT2D eigenvalue weighted by molar-refractivity contribution is 7.91. The van der Waals surface area contributed by atoms with Gasteiger partial charge in [0.2, 0.25) is 5.95 Å². The van der Waals surface area contributed by atoms with Crippen molar-refractivity contribution in [1.29, 1.82) is 0 Å². The SMILES string of the molecule is CCS(=O)(=O)c1nn(-c2nc3cc(C(F)(F)F)cnc3n2C)c2cc(C(F)(F)F)ccc12. The van der Waals surface area contributed by atoms with E-state index in [1.54, 1.807) is 0 Å². The molecule has 0 spiro atoms. The molecule has 3 aromatic heterocycles. The second kappa shape index (κ2) is 6.92. The van der Waals surface area contributed by atoms with Crippen LogP contribution in [-0.4, -0.2) is 38.5 Å². The van der Waals surface area contributed by atoms with Crippen molar-refractivity contribution in [2.24, 2.45) is 7.05 Å². The predicted molar refractivity (Wildman–Crippen MR) is 101 cm³/mol. The summed E-state index contributed by atoms with van der Waals surface area (Å²) in [5, 5.41) is 3.45. The number of halogens is 6. The van der Waals surface area contributed by atoms with E-state index in [0.717, 1.165) is 22.9 Å². The third-order valence-corrected chi connectivity index (χ3v) is 6.50. The molecule has 4 aromatic rings. The van der Waals surface area contributed by atoms with Gasteiger partial charge in [-0.25, -0.2) is 18.4 Å². The first-order valence-corrected chi connectivity index (χ1v) is 10.6. The van der Waals surface area contributed by atoms with Crippen LogP contribution in [0, 0.1) is 0 Å². The second-order valence-corrected chi connectivity index (χ2v) is 9.08. The summed E-state index contributed by atoms with van der Waals surface area (Å²) in [4.78, 5) is 7.79. The van der Waals surface area contributed by atoms with Crippen LogP contribution in [0.3, 0.4) is 0 Å². The molecular weight excluding hydrogens is 464 g/mol. The molecule has 4 rings (SSSR count). The van der Waals surface area contributed by atoms with Gasteiger partial charge in [-0.2, -0.15) is 36.1 Å². The van der Waals surface area contributed by atoms with Crippen molar-refractivity contribution in [1.82, 2.24) is 24.3 Å². The number of sulfone groups is 1. The second-order valence-electron chi connectivity index (χ2n) is 6.89. The molecule has 1 aromatic carbocycles. The maximum absolute atomic E-state index is 13.3. The Bertz CT molecular complexity index is 1470. The zero-order chi connectivity index (χ0) is 23.6. The van der Waals surface area contributed by atoms with E-state index in [-0.39, 0.29) is 33.8 Å².